The third kappa shape index (κ3) is 4.89. The molecule has 0 aliphatic carbocycles. The molecule has 110 valence electrons. The minimum absolute atomic E-state index is 0. The first-order valence-electron chi connectivity index (χ1n) is 6.75. The highest BCUT2D eigenvalue weighted by Crippen LogP contribution is 2.25. The van der Waals surface area contributed by atoms with Crippen LogP contribution in [0.4, 0.5) is 0 Å². The van der Waals surface area contributed by atoms with E-state index in [-0.39, 0.29) is 17.8 Å². The third-order valence-electron chi connectivity index (χ3n) is 3.09. The molecular formula is C16H23ClN2O. The van der Waals surface area contributed by atoms with Crippen LogP contribution in [0, 0.1) is 0 Å². The molecule has 3 nitrogen and oxygen atoms in total. The van der Waals surface area contributed by atoms with E-state index in [1.165, 1.54) is 5.56 Å². The number of aryl methyl sites for hydroxylation is 1. The molecule has 0 N–H and O–H groups in total. The van der Waals surface area contributed by atoms with Crippen LogP contribution in [0.5, 0.6) is 5.75 Å². The van der Waals surface area contributed by atoms with Crippen LogP contribution in [0.15, 0.2) is 43.0 Å². The monoisotopic (exact) mass is 294 g/mol. The van der Waals surface area contributed by atoms with Crippen LogP contribution in [0.3, 0.4) is 0 Å². The second-order valence-electron chi connectivity index (χ2n) is 5.78. The Bertz CT molecular complexity index is 503. The molecule has 0 saturated carbocycles. The first-order valence-corrected chi connectivity index (χ1v) is 6.75. The molecule has 0 aliphatic heterocycles. The van der Waals surface area contributed by atoms with Gasteiger partial charge in [-0.1, -0.05) is 32.9 Å². The van der Waals surface area contributed by atoms with E-state index in [1.54, 1.807) is 6.20 Å². The van der Waals surface area contributed by atoms with Crippen LogP contribution in [-0.4, -0.2) is 16.2 Å². The molecule has 2 rings (SSSR count). The summed E-state index contributed by atoms with van der Waals surface area (Å²) in [7, 11) is 0. The molecule has 0 atom stereocenters. The highest BCUT2D eigenvalue weighted by Gasteiger charge is 2.13. The molecule has 0 spiro atoms. The van der Waals surface area contributed by atoms with Gasteiger partial charge in [0, 0.05) is 18.9 Å². The molecule has 1 aromatic heterocycles. The Balaban J connectivity index is 0.00000200. The number of ether oxygens (including phenoxy) is 1. The fourth-order valence-electron chi connectivity index (χ4n) is 1.91. The number of hydrogen-bond acceptors (Lipinski definition) is 2. The van der Waals surface area contributed by atoms with Crippen molar-refractivity contribution in [3.05, 3.63) is 48.5 Å². The fourth-order valence-corrected chi connectivity index (χ4v) is 1.91. The second-order valence-corrected chi connectivity index (χ2v) is 5.78. The zero-order chi connectivity index (χ0) is 13.7. The Morgan fingerprint density at radius 3 is 2.70 bits per heavy atom. The largest absolute Gasteiger partial charge is 0.494 e. The quantitative estimate of drug-likeness (QED) is 0.777. The van der Waals surface area contributed by atoms with Gasteiger partial charge in [0.1, 0.15) is 5.75 Å². The number of benzene rings is 1. The lowest BCUT2D eigenvalue weighted by atomic mass is 9.87. The van der Waals surface area contributed by atoms with Gasteiger partial charge in [-0.05, 0) is 29.5 Å². The van der Waals surface area contributed by atoms with Gasteiger partial charge in [0.25, 0.3) is 0 Å². The summed E-state index contributed by atoms with van der Waals surface area (Å²) in [6.45, 7) is 8.31. The topological polar surface area (TPSA) is 27.1 Å². The average molecular weight is 295 g/mol. The number of rotatable bonds is 5. The number of aromatic nitrogens is 2. The second kappa shape index (κ2) is 7.34. The first kappa shape index (κ1) is 16.6. The van der Waals surface area contributed by atoms with Gasteiger partial charge in [0.05, 0.1) is 12.9 Å². The third-order valence-corrected chi connectivity index (χ3v) is 3.09. The minimum Gasteiger partial charge on any atom is -0.494 e. The molecule has 1 heterocycles. The Hall–Kier alpha value is -1.48. The zero-order valence-electron chi connectivity index (χ0n) is 12.4. The molecule has 0 aliphatic rings. The summed E-state index contributed by atoms with van der Waals surface area (Å²) in [6.07, 6.45) is 6.59. The van der Waals surface area contributed by atoms with E-state index in [0.717, 1.165) is 25.3 Å². The van der Waals surface area contributed by atoms with Crippen molar-refractivity contribution in [1.29, 1.82) is 0 Å². The van der Waals surface area contributed by atoms with Gasteiger partial charge < -0.3 is 9.30 Å². The highest BCUT2D eigenvalue weighted by molar-refractivity contribution is 5.85. The van der Waals surface area contributed by atoms with E-state index < -0.39 is 0 Å². The molecule has 0 saturated heterocycles. The van der Waals surface area contributed by atoms with E-state index >= 15 is 0 Å². The molecule has 1 aromatic carbocycles. The maximum Gasteiger partial charge on any atom is 0.119 e. The van der Waals surface area contributed by atoms with Crippen molar-refractivity contribution >= 4 is 12.4 Å². The lowest BCUT2D eigenvalue weighted by Gasteiger charge is -2.19. The molecular weight excluding hydrogens is 272 g/mol. The van der Waals surface area contributed by atoms with Crippen LogP contribution in [0.25, 0.3) is 0 Å². The molecule has 0 radical (unpaired) electrons. The SMILES string of the molecule is CC(C)(C)c1cccc(OCCCn2ccnc2)c1.Cl. The Morgan fingerprint density at radius 2 is 2.05 bits per heavy atom. The highest BCUT2D eigenvalue weighted by atomic mass is 35.5. The van der Waals surface area contributed by atoms with E-state index in [2.05, 4.69) is 48.5 Å². The Morgan fingerprint density at radius 1 is 1.25 bits per heavy atom. The predicted octanol–water partition coefficient (Wildman–Crippen LogP) is 4.07. The van der Waals surface area contributed by atoms with Crippen molar-refractivity contribution in [2.24, 2.45) is 0 Å². The number of imidazole rings is 1. The van der Waals surface area contributed by atoms with E-state index in [9.17, 15) is 0 Å². The van der Waals surface area contributed by atoms with Crippen LogP contribution < -0.4 is 4.74 Å². The minimum atomic E-state index is 0. The first-order chi connectivity index (χ1) is 9.05. The summed E-state index contributed by atoms with van der Waals surface area (Å²) < 4.78 is 7.87. The zero-order valence-corrected chi connectivity index (χ0v) is 13.2. The van der Waals surface area contributed by atoms with Crippen molar-refractivity contribution in [3.8, 4) is 5.75 Å². The smallest absolute Gasteiger partial charge is 0.119 e. The van der Waals surface area contributed by atoms with Gasteiger partial charge in [0.15, 0.2) is 0 Å². The van der Waals surface area contributed by atoms with Crippen molar-refractivity contribution in [1.82, 2.24) is 9.55 Å². The molecule has 20 heavy (non-hydrogen) atoms. The molecule has 0 bridgehead atoms. The lowest BCUT2D eigenvalue weighted by molar-refractivity contribution is 0.301. The summed E-state index contributed by atoms with van der Waals surface area (Å²) in [5.41, 5.74) is 1.47. The fraction of sp³-hybridized carbons (Fsp3) is 0.438. The van der Waals surface area contributed by atoms with Gasteiger partial charge in [-0.3, -0.25) is 0 Å². The van der Waals surface area contributed by atoms with Crippen LogP contribution >= 0.6 is 12.4 Å². The standard InChI is InChI=1S/C16H22N2O.ClH/c1-16(2,3)14-6-4-7-15(12-14)19-11-5-9-18-10-8-17-13-18;/h4,6-8,10,12-13H,5,9,11H2,1-3H3;1H. The number of nitrogens with zero attached hydrogens (tertiary/aromatic N) is 2. The maximum atomic E-state index is 5.81. The summed E-state index contributed by atoms with van der Waals surface area (Å²) in [5.74, 6) is 0.957. The molecule has 0 amide bonds. The van der Waals surface area contributed by atoms with Crippen LogP contribution in [-0.2, 0) is 12.0 Å². The van der Waals surface area contributed by atoms with Crippen molar-refractivity contribution in [2.45, 2.75) is 39.2 Å². The molecule has 2 aromatic rings. The van der Waals surface area contributed by atoms with Gasteiger partial charge in [0.2, 0.25) is 0 Å². The van der Waals surface area contributed by atoms with Crippen LogP contribution in [0.1, 0.15) is 32.8 Å². The molecule has 4 heteroatoms. The normalized spacial score (nSPS) is 10.9. The average Bonchev–Trinajstić information content (AvgIpc) is 2.87. The van der Waals surface area contributed by atoms with Gasteiger partial charge in [-0.2, -0.15) is 0 Å². The van der Waals surface area contributed by atoms with E-state index in [1.807, 2.05) is 18.6 Å². The summed E-state index contributed by atoms with van der Waals surface area (Å²) in [5, 5.41) is 0. The Labute approximate surface area is 127 Å². The van der Waals surface area contributed by atoms with Crippen LogP contribution in [0.2, 0.25) is 0 Å². The summed E-state index contributed by atoms with van der Waals surface area (Å²) >= 11 is 0. The van der Waals surface area contributed by atoms with E-state index in [0.29, 0.717) is 0 Å². The lowest BCUT2D eigenvalue weighted by Crippen LogP contribution is -2.11. The van der Waals surface area contributed by atoms with Crippen molar-refractivity contribution in [2.75, 3.05) is 6.61 Å². The Kier molecular flexibility index (Phi) is 6.08. The summed E-state index contributed by atoms with van der Waals surface area (Å²) in [6, 6.07) is 8.37. The maximum absolute atomic E-state index is 5.81. The van der Waals surface area contributed by atoms with Gasteiger partial charge in [-0.15, -0.1) is 12.4 Å². The summed E-state index contributed by atoms with van der Waals surface area (Å²) in [4.78, 5) is 4.02. The van der Waals surface area contributed by atoms with Gasteiger partial charge in [-0.25, -0.2) is 4.98 Å². The van der Waals surface area contributed by atoms with Crippen molar-refractivity contribution in [3.63, 3.8) is 0 Å². The predicted molar refractivity (Wildman–Crippen MR) is 84.7 cm³/mol. The van der Waals surface area contributed by atoms with Crippen molar-refractivity contribution < 1.29 is 4.74 Å². The van der Waals surface area contributed by atoms with E-state index in [4.69, 9.17) is 4.74 Å². The molecule has 0 unspecified atom stereocenters. The number of halogens is 1. The number of hydrogen-bond donors (Lipinski definition) is 0. The molecule has 0 fully saturated rings. The van der Waals surface area contributed by atoms with Gasteiger partial charge >= 0.3 is 0 Å².